The molecule has 0 bridgehead atoms. The summed E-state index contributed by atoms with van der Waals surface area (Å²) in [6.45, 7) is 3.71. The highest BCUT2D eigenvalue weighted by Crippen LogP contribution is 2.36. The van der Waals surface area contributed by atoms with Gasteiger partial charge in [0, 0.05) is 48.2 Å². The molecule has 170 valence electrons. The Morgan fingerprint density at radius 3 is 2.62 bits per heavy atom. The van der Waals surface area contributed by atoms with Gasteiger partial charge in [-0.2, -0.15) is 0 Å². The van der Waals surface area contributed by atoms with Gasteiger partial charge >= 0.3 is 0 Å². The lowest BCUT2D eigenvalue weighted by atomic mass is 9.99. The van der Waals surface area contributed by atoms with E-state index in [1.165, 1.54) is 4.57 Å². The summed E-state index contributed by atoms with van der Waals surface area (Å²) in [4.78, 5) is 31.0. The molecule has 1 aliphatic heterocycles. The minimum atomic E-state index is -1.14. The van der Waals surface area contributed by atoms with Crippen molar-refractivity contribution < 1.29 is 19.8 Å². The van der Waals surface area contributed by atoms with E-state index in [0.29, 0.717) is 30.5 Å². The Hall–Kier alpha value is -3.46. The monoisotopic (exact) mass is 439 g/mol. The zero-order valence-electron chi connectivity index (χ0n) is 18.5. The van der Waals surface area contributed by atoms with Gasteiger partial charge in [-0.25, -0.2) is 0 Å². The number of aromatic hydroxyl groups is 2. The number of nitrogens with zero attached hydrogens (tertiary/aromatic N) is 2. The Balaban J connectivity index is 1.62. The molecule has 0 fully saturated rings. The van der Waals surface area contributed by atoms with Crippen molar-refractivity contribution in [3.63, 3.8) is 0 Å². The van der Waals surface area contributed by atoms with E-state index in [0.717, 1.165) is 16.5 Å². The molecule has 4 rings (SSSR count). The predicted molar refractivity (Wildman–Crippen MR) is 120 cm³/mol. The third kappa shape index (κ3) is 3.80. The number of nitrogens with one attached hydrogen (secondary N) is 2. The first kappa shape index (κ1) is 21.8. The molecule has 32 heavy (non-hydrogen) atoms. The Morgan fingerprint density at radius 2 is 1.91 bits per heavy atom. The Kier molecular flexibility index (Phi) is 5.37. The first-order valence-electron chi connectivity index (χ1n) is 10.6. The number of benzene rings is 1. The second kappa shape index (κ2) is 7.90. The normalized spacial score (nSPS) is 14.9. The van der Waals surface area contributed by atoms with Crippen molar-refractivity contribution in [1.82, 2.24) is 19.8 Å². The van der Waals surface area contributed by atoms with Crippen molar-refractivity contribution in [2.45, 2.75) is 44.8 Å². The average molecular weight is 440 g/mol. The number of carbonyl (C=O) groups is 2. The van der Waals surface area contributed by atoms with E-state index in [1.807, 2.05) is 30.5 Å². The lowest BCUT2D eigenvalue weighted by Crippen LogP contribution is -2.57. The molecule has 9 heteroatoms. The number of amides is 2. The maximum atomic E-state index is 13.5. The SMILES string of the molecule is Cn1c(O)c2c(c1O)CN(C(=O)[C@@H](Cc1c[nH]c3ccccc13)NC(=O)C(C)(C)N)CC2. The molecule has 9 nitrogen and oxygen atoms in total. The molecule has 1 aliphatic rings. The summed E-state index contributed by atoms with van der Waals surface area (Å²) >= 11 is 0. The fourth-order valence-corrected chi connectivity index (χ4v) is 4.19. The van der Waals surface area contributed by atoms with E-state index in [-0.39, 0.29) is 24.2 Å². The van der Waals surface area contributed by atoms with Crippen LogP contribution < -0.4 is 11.1 Å². The molecule has 1 atom stereocenters. The molecule has 6 N–H and O–H groups in total. The van der Waals surface area contributed by atoms with Gasteiger partial charge in [0.1, 0.15) is 6.04 Å². The third-order valence-corrected chi connectivity index (χ3v) is 6.12. The first-order valence-corrected chi connectivity index (χ1v) is 10.6. The number of fused-ring (bicyclic) bond motifs is 2. The van der Waals surface area contributed by atoms with E-state index >= 15 is 0 Å². The van der Waals surface area contributed by atoms with Crippen LogP contribution in [0.4, 0.5) is 0 Å². The van der Waals surface area contributed by atoms with Crippen LogP contribution >= 0.6 is 0 Å². The van der Waals surface area contributed by atoms with Crippen LogP contribution in [0.1, 0.15) is 30.5 Å². The maximum absolute atomic E-state index is 13.5. The zero-order valence-corrected chi connectivity index (χ0v) is 18.5. The van der Waals surface area contributed by atoms with Crippen LogP contribution in [-0.2, 0) is 36.0 Å². The quantitative estimate of drug-likeness (QED) is 0.408. The Morgan fingerprint density at radius 1 is 1.22 bits per heavy atom. The molecule has 2 amide bonds. The van der Waals surface area contributed by atoms with E-state index in [9.17, 15) is 19.8 Å². The van der Waals surface area contributed by atoms with Crippen LogP contribution in [-0.4, -0.2) is 54.6 Å². The van der Waals surface area contributed by atoms with Gasteiger partial charge in [0.25, 0.3) is 0 Å². The van der Waals surface area contributed by atoms with Crippen molar-refractivity contribution in [2.24, 2.45) is 12.8 Å². The lowest BCUT2D eigenvalue weighted by Gasteiger charge is -2.32. The van der Waals surface area contributed by atoms with Gasteiger partial charge in [-0.1, -0.05) is 18.2 Å². The molecule has 0 radical (unpaired) electrons. The van der Waals surface area contributed by atoms with Crippen LogP contribution in [0.3, 0.4) is 0 Å². The topological polar surface area (TPSA) is 137 Å². The van der Waals surface area contributed by atoms with Gasteiger partial charge in [0.2, 0.25) is 11.8 Å². The number of aromatic amines is 1. The Bertz CT molecular complexity index is 1190. The number of H-pyrrole nitrogens is 1. The van der Waals surface area contributed by atoms with Crippen molar-refractivity contribution >= 4 is 22.7 Å². The number of hydrogen-bond acceptors (Lipinski definition) is 5. The fraction of sp³-hybridized carbons (Fsp3) is 0.391. The minimum absolute atomic E-state index is 0.0122. The number of carbonyl (C=O) groups excluding carboxylic acids is 2. The predicted octanol–water partition coefficient (Wildman–Crippen LogP) is 1.27. The van der Waals surface area contributed by atoms with Crippen LogP contribution in [0.15, 0.2) is 30.5 Å². The van der Waals surface area contributed by atoms with E-state index in [1.54, 1.807) is 25.8 Å². The highest BCUT2D eigenvalue weighted by atomic mass is 16.3. The van der Waals surface area contributed by atoms with Crippen LogP contribution in [0.5, 0.6) is 11.8 Å². The van der Waals surface area contributed by atoms with Gasteiger partial charge in [0.15, 0.2) is 11.8 Å². The number of aromatic nitrogens is 2. The van der Waals surface area contributed by atoms with Gasteiger partial charge in [-0.05, 0) is 31.9 Å². The molecule has 0 saturated heterocycles. The van der Waals surface area contributed by atoms with Crippen molar-refractivity contribution in [2.75, 3.05) is 6.54 Å². The molecule has 2 aromatic heterocycles. The first-order chi connectivity index (χ1) is 15.1. The van der Waals surface area contributed by atoms with Gasteiger partial charge in [-0.15, -0.1) is 0 Å². The minimum Gasteiger partial charge on any atom is -0.494 e. The average Bonchev–Trinajstić information content (AvgIpc) is 3.26. The van der Waals surface area contributed by atoms with E-state index < -0.39 is 17.5 Å². The van der Waals surface area contributed by atoms with Gasteiger partial charge in [-0.3, -0.25) is 14.2 Å². The molecule has 0 unspecified atom stereocenters. The molecule has 0 aliphatic carbocycles. The summed E-state index contributed by atoms with van der Waals surface area (Å²) in [7, 11) is 1.57. The van der Waals surface area contributed by atoms with Crippen LogP contribution in [0.2, 0.25) is 0 Å². The summed E-state index contributed by atoms with van der Waals surface area (Å²) in [5.41, 5.74) is 7.86. The second-order valence-electron chi connectivity index (χ2n) is 8.98. The smallest absolute Gasteiger partial charge is 0.245 e. The summed E-state index contributed by atoms with van der Waals surface area (Å²) in [5.74, 6) is -0.733. The molecular weight excluding hydrogens is 410 g/mol. The third-order valence-electron chi connectivity index (χ3n) is 6.12. The fourth-order valence-electron chi connectivity index (χ4n) is 4.19. The summed E-state index contributed by atoms with van der Waals surface area (Å²) in [6.07, 6.45) is 2.55. The molecule has 0 saturated carbocycles. The zero-order chi connectivity index (χ0) is 23.2. The summed E-state index contributed by atoms with van der Waals surface area (Å²) in [5, 5.41) is 24.4. The van der Waals surface area contributed by atoms with Crippen molar-refractivity contribution in [3.05, 3.63) is 47.2 Å². The molecule has 1 aromatic carbocycles. The van der Waals surface area contributed by atoms with Crippen molar-refractivity contribution in [3.8, 4) is 11.8 Å². The maximum Gasteiger partial charge on any atom is 0.245 e. The highest BCUT2D eigenvalue weighted by Gasteiger charge is 2.35. The van der Waals surface area contributed by atoms with Crippen molar-refractivity contribution in [1.29, 1.82) is 0 Å². The lowest BCUT2D eigenvalue weighted by molar-refractivity contribution is -0.138. The summed E-state index contributed by atoms with van der Waals surface area (Å²) in [6, 6.07) is 6.94. The number of para-hydroxylation sites is 1. The van der Waals surface area contributed by atoms with Gasteiger partial charge < -0.3 is 31.1 Å². The second-order valence-corrected chi connectivity index (χ2v) is 8.98. The van der Waals surface area contributed by atoms with Gasteiger partial charge in [0.05, 0.1) is 12.1 Å². The largest absolute Gasteiger partial charge is 0.494 e. The number of nitrogens with two attached hydrogens (primary N) is 1. The molecular formula is C23H29N5O4. The highest BCUT2D eigenvalue weighted by molar-refractivity contribution is 5.92. The Labute approximate surface area is 185 Å². The molecule has 3 heterocycles. The van der Waals surface area contributed by atoms with Crippen LogP contribution in [0, 0.1) is 0 Å². The van der Waals surface area contributed by atoms with E-state index in [2.05, 4.69) is 10.3 Å². The van der Waals surface area contributed by atoms with Crippen LogP contribution in [0.25, 0.3) is 10.9 Å². The number of hydrogen-bond donors (Lipinski definition) is 5. The standard InChI is InChI=1S/C23H29N5O4/c1-23(2,24)22(32)26-18(10-13-11-25-17-7-5-4-6-14(13)17)21(31)28-9-8-15-16(12-28)20(30)27(3)19(15)29/h4-7,11,18,25,29-30H,8-10,12,24H2,1-3H3,(H,26,32)/t18-/m1/s1. The van der Waals surface area contributed by atoms with E-state index in [4.69, 9.17) is 5.73 Å². The molecule has 0 spiro atoms. The number of rotatable bonds is 5. The molecule has 3 aromatic rings. The summed E-state index contributed by atoms with van der Waals surface area (Å²) < 4.78 is 1.31.